The molecular formula is C19H30F3IN4O. The SMILES string of the molecule is CN=C(NCCN1CCCCC1)NCc1ccc(C)cc1OCC(F)(F)F.I. The smallest absolute Gasteiger partial charge is 0.422 e. The number of nitrogens with one attached hydrogen (secondary N) is 2. The van der Waals surface area contributed by atoms with Gasteiger partial charge in [-0.3, -0.25) is 4.99 Å². The highest BCUT2D eigenvalue weighted by molar-refractivity contribution is 14.0. The fourth-order valence-corrected chi connectivity index (χ4v) is 3.02. The Kier molecular flexibility index (Phi) is 10.9. The molecule has 0 aliphatic carbocycles. The van der Waals surface area contributed by atoms with Crippen LogP contribution in [-0.4, -0.2) is 56.9 Å². The molecule has 0 atom stereocenters. The zero-order valence-corrected chi connectivity index (χ0v) is 18.8. The summed E-state index contributed by atoms with van der Waals surface area (Å²) in [6, 6.07) is 5.24. The zero-order chi connectivity index (χ0) is 19.7. The zero-order valence-electron chi connectivity index (χ0n) is 16.4. The molecule has 0 radical (unpaired) electrons. The molecule has 0 spiro atoms. The minimum absolute atomic E-state index is 0. The molecule has 0 unspecified atom stereocenters. The molecular weight excluding hydrogens is 484 g/mol. The molecule has 1 fully saturated rings. The van der Waals surface area contributed by atoms with Crippen LogP contribution in [0.5, 0.6) is 5.75 Å². The predicted octanol–water partition coefficient (Wildman–Crippen LogP) is 3.71. The van der Waals surface area contributed by atoms with Gasteiger partial charge in [-0.1, -0.05) is 18.6 Å². The first-order chi connectivity index (χ1) is 12.9. The summed E-state index contributed by atoms with van der Waals surface area (Å²) in [4.78, 5) is 6.60. The van der Waals surface area contributed by atoms with Gasteiger partial charge >= 0.3 is 6.18 Å². The third kappa shape index (κ3) is 9.31. The quantitative estimate of drug-likeness (QED) is 0.331. The summed E-state index contributed by atoms with van der Waals surface area (Å²) >= 11 is 0. The molecule has 0 amide bonds. The van der Waals surface area contributed by atoms with Crippen LogP contribution in [0, 0.1) is 6.92 Å². The fraction of sp³-hybridized carbons (Fsp3) is 0.632. The van der Waals surface area contributed by atoms with Gasteiger partial charge in [0.2, 0.25) is 0 Å². The van der Waals surface area contributed by atoms with E-state index in [0.29, 0.717) is 18.1 Å². The Bertz CT molecular complexity index is 620. The molecule has 0 aromatic heterocycles. The van der Waals surface area contributed by atoms with Crippen molar-refractivity contribution < 1.29 is 17.9 Å². The summed E-state index contributed by atoms with van der Waals surface area (Å²) in [7, 11) is 1.67. The number of benzene rings is 1. The van der Waals surface area contributed by atoms with Crippen LogP contribution in [0.25, 0.3) is 0 Å². The standard InChI is InChI=1S/C19H29F3N4O.HI/c1-15-6-7-16(17(12-15)27-14-19(20,21)22)13-25-18(23-2)24-8-11-26-9-4-3-5-10-26;/h6-7,12H,3-5,8-11,13-14H2,1-2H3,(H2,23,24,25);1H. The van der Waals surface area contributed by atoms with Crippen molar-refractivity contribution in [3.63, 3.8) is 0 Å². The van der Waals surface area contributed by atoms with E-state index in [9.17, 15) is 13.2 Å². The molecule has 1 aliphatic rings. The van der Waals surface area contributed by atoms with Crippen molar-refractivity contribution in [1.82, 2.24) is 15.5 Å². The minimum Gasteiger partial charge on any atom is -0.484 e. The number of hydrogen-bond donors (Lipinski definition) is 2. The number of ether oxygens (including phenoxy) is 1. The van der Waals surface area contributed by atoms with Crippen molar-refractivity contribution in [3.8, 4) is 5.75 Å². The van der Waals surface area contributed by atoms with Gasteiger partial charge in [-0.15, -0.1) is 24.0 Å². The van der Waals surface area contributed by atoms with E-state index < -0.39 is 12.8 Å². The summed E-state index contributed by atoms with van der Waals surface area (Å²) < 4.78 is 42.4. The Balaban J connectivity index is 0.00000392. The van der Waals surface area contributed by atoms with Crippen LogP contribution in [0.15, 0.2) is 23.2 Å². The number of aryl methyl sites for hydroxylation is 1. The van der Waals surface area contributed by atoms with Crippen molar-refractivity contribution in [1.29, 1.82) is 0 Å². The van der Waals surface area contributed by atoms with Gasteiger partial charge in [-0.2, -0.15) is 13.2 Å². The Morgan fingerprint density at radius 1 is 1.18 bits per heavy atom. The second-order valence-corrected chi connectivity index (χ2v) is 6.77. The number of piperidine rings is 1. The summed E-state index contributed by atoms with van der Waals surface area (Å²) in [6.07, 6.45) is -0.550. The van der Waals surface area contributed by atoms with Gasteiger partial charge in [0.15, 0.2) is 12.6 Å². The summed E-state index contributed by atoms with van der Waals surface area (Å²) in [5.41, 5.74) is 1.50. The molecule has 2 rings (SSSR count). The number of rotatable bonds is 7. The number of hydrogen-bond acceptors (Lipinski definition) is 3. The van der Waals surface area contributed by atoms with E-state index >= 15 is 0 Å². The first-order valence-corrected chi connectivity index (χ1v) is 9.33. The van der Waals surface area contributed by atoms with E-state index in [2.05, 4.69) is 20.5 Å². The summed E-state index contributed by atoms with van der Waals surface area (Å²) in [5.74, 6) is 0.859. The number of nitrogens with zero attached hydrogens (tertiary/aromatic N) is 2. The molecule has 9 heteroatoms. The molecule has 5 nitrogen and oxygen atoms in total. The topological polar surface area (TPSA) is 48.9 Å². The monoisotopic (exact) mass is 514 g/mol. The number of guanidine groups is 1. The lowest BCUT2D eigenvalue weighted by Crippen LogP contribution is -2.42. The van der Waals surface area contributed by atoms with E-state index in [4.69, 9.17) is 4.74 Å². The van der Waals surface area contributed by atoms with Crippen LogP contribution in [0.2, 0.25) is 0 Å². The van der Waals surface area contributed by atoms with E-state index in [1.54, 1.807) is 19.2 Å². The Morgan fingerprint density at radius 3 is 2.54 bits per heavy atom. The highest BCUT2D eigenvalue weighted by atomic mass is 127. The predicted molar refractivity (Wildman–Crippen MR) is 117 cm³/mol. The van der Waals surface area contributed by atoms with Gasteiger partial charge in [-0.25, -0.2) is 0 Å². The van der Waals surface area contributed by atoms with E-state index in [1.165, 1.54) is 19.3 Å². The molecule has 1 heterocycles. The lowest BCUT2D eigenvalue weighted by atomic mass is 10.1. The van der Waals surface area contributed by atoms with Crippen molar-refractivity contribution in [2.75, 3.05) is 39.8 Å². The van der Waals surface area contributed by atoms with Crippen LogP contribution in [0.3, 0.4) is 0 Å². The maximum atomic E-state index is 12.5. The second kappa shape index (κ2) is 12.4. The van der Waals surface area contributed by atoms with Crippen LogP contribution >= 0.6 is 24.0 Å². The first-order valence-electron chi connectivity index (χ1n) is 9.33. The van der Waals surface area contributed by atoms with Crippen molar-refractivity contribution in [3.05, 3.63) is 29.3 Å². The van der Waals surface area contributed by atoms with Crippen molar-refractivity contribution >= 4 is 29.9 Å². The number of halogens is 4. The lowest BCUT2D eigenvalue weighted by Gasteiger charge is -2.26. The van der Waals surface area contributed by atoms with Gasteiger partial charge in [0.05, 0.1) is 0 Å². The summed E-state index contributed by atoms with van der Waals surface area (Å²) in [5, 5.41) is 6.39. The maximum absolute atomic E-state index is 12.5. The number of alkyl halides is 3. The van der Waals surface area contributed by atoms with Gasteiger partial charge in [0.1, 0.15) is 5.75 Å². The van der Waals surface area contributed by atoms with Crippen molar-refractivity contribution in [2.45, 2.75) is 38.9 Å². The van der Waals surface area contributed by atoms with Crippen LogP contribution in [0.4, 0.5) is 13.2 Å². The third-order valence-corrected chi connectivity index (χ3v) is 4.45. The maximum Gasteiger partial charge on any atom is 0.422 e. The molecule has 1 aromatic rings. The molecule has 2 N–H and O–H groups in total. The first kappa shape index (κ1) is 24.8. The van der Waals surface area contributed by atoms with Crippen molar-refractivity contribution in [2.24, 2.45) is 4.99 Å². The number of aliphatic imine (C=N–C) groups is 1. The molecule has 0 bridgehead atoms. The highest BCUT2D eigenvalue weighted by Crippen LogP contribution is 2.23. The van der Waals surface area contributed by atoms with Gasteiger partial charge in [0.25, 0.3) is 0 Å². The molecule has 1 aliphatic heterocycles. The molecule has 28 heavy (non-hydrogen) atoms. The summed E-state index contributed by atoms with van der Waals surface area (Å²) in [6.45, 7) is 4.84. The molecule has 0 saturated carbocycles. The van der Waals surface area contributed by atoms with E-state index in [0.717, 1.165) is 31.7 Å². The molecule has 1 aromatic carbocycles. The van der Waals surface area contributed by atoms with Crippen LogP contribution in [0.1, 0.15) is 30.4 Å². The minimum atomic E-state index is -4.36. The average Bonchev–Trinajstić information content (AvgIpc) is 2.64. The Hall–Kier alpha value is -1.23. The fourth-order valence-electron chi connectivity index (χ4n) is 3.02. The lowest BCUT2D eigenvalue weighted by molar-refractivity contribution is -0.153. The van der Waals surface area contributed by atoms with Crippen LogP contribution < -0.4 is 15.4 Å². The molecule has 160 valence electrons. The van der Waals surface area contributed by atoms with Crippen LogP contribution in [-0.2, 0) is 6.54 Å². The van der Waals surface area contributed by atoms with Gasteiger partial charge in [0, 0.05) is 32.2 Å². The third-order valence-electron chi connectivity index (χ3n) is 4.45. The van der Waals surface area contributed by atoms with Gasteiger partial charge < -0.3 is 20.3 Å². The Morgan fingerprint density at radius 2 is 1.89 bits per heavy atom. The largest absolute Gasteiger partial charge is 0.484 e. The second-order valence-electron chi connectivity index (χ2n) is 6.77. The normalized spacial score (nSPS) is 15.7. The highest BCUT2D eigenvalue weighted by Gasteiger charge is 2.28. The van der Waals surface area contributed by atoms with E-state index in [-0.39, 0.29) is 29.7 Å². The Labute approximate surface area is 182 Å². The average molecular weight is 514 g/mol. The molecule has 1 saturated heterocycles. The van der Waals surface area contributed by atoms with Gasteiger partial charge in [-0.05, 0) is 44.5 Å². The van der Waals surface area contributed by atoms with E-state index in [1.807, 2.05) is 13.0 Å². The number of likely N-dealkylation sites (tertiary alicyclic amines) is 1.